The largest absolute Gasteiger partial charge is 0.377 e. The fraction of sp³-hybridized carbons (Fsp3) is 0.345. The predicted molar refractivity (Wildman–Crippen MR) is 151 cm³/mol. The quantitative estimate of drug-likeness (QED) is 0.164. The molecule has 0 saturated heterocycles. The molecule has 3 atom stereocenters. The van der Waals surface area contributed by atoms with Crippen LogP contribution < -0.4 is 10.6 Å². The number of hydrogen-bond acceptors (Lipinski definition) is 4. The summed E-state index contributed by atoms with van der Waals surface area (Å²) in [5.74, 6) is -2.95. The number of hydrogen-bond donors (Lipinski definition) is 3. The van der Waals surface area contributed by atoms with Gasteiger partial charge in [0.15, 0.2) is 17.6 Å². The van der Waals surface area contributed by atoms with Crippen LogP contribution in [0.1, 0.15) is 50.0 Å². The van der Waals surface area contributed by atoms with Gasteiger partial charge in [0.1, 0.15) is 0 Å². The number of rotatable bonds is 12. The smallest absolute Gasteiger partial charge is 0.258 e. The summed E-state index contributed by atoms with van der Waals surface area (Å²) >= 11 is 6.09. The van der Waals surface area contributed by atoms with Crippen LogP contribution in [0, 0.1) is 23.0 Å². The Balaban J connectivity index is 2.41. The van der Waals surface area contributed by atoms with Crippen molar-refractivity contribution in [3.63, 3.8) is 0 Å². The van der Waals surface area contributed by atoms with Crippen LogP contribution in [0.15, 0.2) is 65.7 Å². The second kappa shape index (κ2) is 15.1. The van der Waals surface area contributed by atoms with Gasteiger partial charge in [-0.05, 0) is 74.2 Å². The third-order valence-corrected chi connectivity index (χ3v) is 6.24. The molecule has 9 heteroatoms. The minimum atomic E-state index is -1.12. The molecule has 2 aromatic rings. The molecular weight excluding hydrogens is 510 g/mol. The Kier molecular flexibility index (Phi) is 12.3. The first-order valence-electron chi connectivity index (χ1n) is 12.4. The van der Waals surface area contributed by atoms with E-state index in [9.17, 15) is 13.6 Å². The number of nitrogens with zero attached hydrogens (tertiary/aromatic N) is 1. The lowest BCUT2D eigenvalue weighted by atomic mass is 9.89. The van der Waals surface area contributed by atoms with Crippen LogP contribution in [0.5, 0.6) is 0 Å². The summed E-state index contributed by atoms with van der Waals surface area (Å²) in [7, 11) is 0. The van der Waals surface area contributed by atoms with Crippen molar-refractivity contribution in [1.29, 1.82) is 5.41 Å². The van der Waals surface area contributed by atoms with E-state index in [2.05, 4.69) is 22.2 Å². The van der Waals surface area contributed by atoms with Gasteiger partial charge < -0.3 is 15.5 Å². The fourth-order valence-electron chi connectivity index (χ4n) is 3.66. The number of guanidine groups is 1. The minimum Gasteiger partial charge on any atom is -0.377 e. The van der Waals surface area contributed by atoms with E-state index in [1.807, 2.05) is 39.8 Å². The van der Waals surface area contributed by atoms with Crippen LogP contribution in [0.25, 0.3) is 5.57 Å². The number of allylic oxidation sites excluding steroid dienone is 2. The van der Waals surface area contributed by atoms with Crippen molar-refractivity contribution in [2.45, 2.75) is 46.3 Å². The molecule has 2 rings (SSSR count). The number of amides is 1. The monoisotopic (exact) mass is 544 g/mol. The molecule has 0 fully saturated rings. The molecule has 0 aliphatic carbocycles. The molecule has 3 unspecified atom stereocenters. The standard InChI is InChI=1S/C29H35ClF2N4O2/c1-6-18(3)24(21-8-11-23(30)12-9-21)15-27(19(4)16-33)35-29(34-17-20(5)38-7-2)36-28(37)22-10-13-25(31)26(32)14-22/h6,8-14,16,19-20,27,33H,1,7,15,17H2,2-5H3,(H2,34,35,36,37). The number of halogens is 3. The lowest BCUT2D eigenvalue weighted by molar-refractivity contribution is 0.0826. The number of benzene rings is 2. The molecule has 0 radical (unpaired) electrons. The Labute approximate surface area is 228 Å². The zero-order valence-electron chi connectivity index (χ0n) is 22.2. The first kappa shape index (κ1) is 30.9. The maximum absolute atomic E-state index is 13.8. The molecule has 2 aromatic carbocycles. The van der Waals surface area contributed by atoms with Gasteiger partial charge in [0, 0.05) is 35.4 Å². The molecule has 0 spiro atoms. The Morgan fingerprint density at radius 2 is 1.82 bits per heavy atom. The molecule has 6 nitrogen and oxygen atoms in total. The highest BCUT2D eigenvalue weighted by Gasteiger charge is 2.22. The molecule has 0 heterocycles. The topological polar surface area (TPSA) is 86.6 Å². The van der Waals surface area contributed by atoms with Gasteiger partial charge >= 0.3 is 0 Å². The lowest BCUT2D eigenvalue weighted by Crippen LogP contribution is -2.48. The number of aliphatic imine (C=N–C) groups is 1. The number of nitrogens with one attached hydrogen (secondary N) is 3. The summed E-state index contributed by atoms with van der Waals surface area (Å²) in [6.45, 7) is 12.2. The van der Waals surface area contributed by atoms with Crippen LogP contribution in [-0.4, -0.2) is 43.4 Å². The van der Waals surface area contributed by atoms with Crippen molar-refractivity contribution < 1.29 is 18.3 Å². The molecule has 3 N–H and O–H groups in total. The van der Waals surface area contributed by atoms with Crippen molar-refractivity contribution in [2.75, 3.05) is 13.2 Å². The van der Waals surface area contributed by atoms with Crippen LogP contribution in [0.2, 0.25) is 5.02 Å². The first-order chi connectivity index (χ1) is 18.1. The van der Waals surface area contributed by atoms with Crippen molar-refractivity contribution in [1.82, 2.24) is 10.6 Å². The summed E-state index contributed by atoms with van der Waals surface area (Å²) in [5, 5.41) is 14.5. The lowest BCUT2D eigenvalue weighted by Gasteiger charge is -2.27. The molecule has 0 aliphatic heterocycles. The van der Waals surface area contributed by atoms with Crippen molar-refractivity contribution in [3.05, 3.63) is 88.5 Å². The van der Waals surface area contributed by atoms with E-state index in [0.29, 0.717) is 18.1 Å². The first-order valence-corrected chi connectivity index (χ1v) is 12.7. The van der Waals surface area contributed by atoms with Gasteiger partial charge in [-0.25, -0.2) is 8.78 Å². The third kappa shape index (κ3) is 9.19. The van der Waals surface area contributed by atoms with Gasteiger partial charge in [0.2, 0.25) is 0 Å². The van der Waals surface area contributed by atoms with Gasteiger partial charge in [-0.3, -0.25) is 15.1 Å². The molecule has 0 aliphatic rings. The summed E-state index contributed by atoms with van der Waals surface area (Å²) in [6, 6.07) is 10.0. The minimum absolute atomic E-state index is 0.0582. The van der Waals surface area contributed by atoms with Crippen LogP contribution in [-0.2, 0) is 4.74 Å². The van der Waals surface area contributed by atoms with Gasteiger partial charge in [0.25, 0.3) is 5.91 Å². The van der Waals surface area contributed by atoms with Gasteiger partial charge in [-0.1, -0.05) is 43.3 Å². The van der Waals surface area contributed by atoms with Crippen molar-refractivity contribution in [2.24, 2.45) is 10.9 Å². The van der Waals surface area contributed by atoms with E-state index in [4.69, 9.17) is 21.7 Å². The highest BCUT2D eigenvalue weighted by Crippen LogP contribution is 2.27. The average Bonchev–Trinajstić information content (AvgIpc) is 2.90. The molecule has 1 amide bonds. The van der Waals surface area contributed by atoms with Crippen LogP contribution in [0.3, 0.4) is 0 Å². The molecule has 0 bridgehead atoms. The van der Waals surface area contributed by atoms with Crippen LogP contribution >= 0.6 is 11.6 Å². The summed E-state index contributed by atoms with van der Waals surface area (Å²) in [5.41, 5.74) is 2.82. The number of carbonyl (C=O) groups excluding carboxylic acids is 1. The number of ether oxygens (including phenoxy) is 1. The molecule has 204 valence electrons. The second-order valence-electron chi connectivity index (χ2n) is 8.89. The Hall–Kier alpha value is -3.36. The van der Waals surface area contributed by atoms with E-state index in [1.54, 1.807) is 18.2 Å². The average molecular weight is 545 g/mol. The zero-order chi connectivity index (χ0) is 28.2. The van der Waals surface area contributed by atoms with E-state index < -0.39 is 17.5 Å². The predicted octanol–water partition coefficient (Wildman–Crippen LogP) is 6.42. The second-order valence-corrected chi connectivity index (χ2v) is 9.33. The normalized spacial score (nSPS) is 14.7. The highest BCUT2D eigenvalue weighted by molar-refractivity contribution is 6.30. The van der Waals surface area contributed by atoms with Crippen molar-refractivity contribution in [3.8, 4) is 0 Å². The van der Waals surface area contributed by atoms with E-state index in [0.717, 1.165) is 28.8 Å². The van der Waals surface area contributed by atoms with E-state index in [1.165, 1.54) is 12.3 Å². The molecular formula is C29H35ClF2N4O2. The molecule has 0 aromatic heterocycles. The highest BCUT2D eigenvalue weighted by atomic mass is 35.5. The molecule has 38 heavy (non-hydrogen) atoms. The van der Waals surface area contributed by atoms with E-state index in [-0.39, 0.29) is 36.1 Å². The van der Waals surface area contributed by atoms with Crippen molar-refractivity contribution >= 4 is 35.3 Å². The van der Waals surface area contributed by atoms with Crippen LogP contribution in [0.4, 0.5) is 8.78 Å². The maximum atomic E-state index is 13.8. The summed E-state index contributed by atoms with van der Waals surface area (Å²) < 4.78 is 32.7. The summed E-state index contributed by atoms with van der Waals surface area (Å²) in [4.78, 5) is 17.4. The van der Waals surface area contributed by atoms with Gasteiger partial charge in [-0.2, -0.15) is 0 Å². The Morgan fingerprint density at radius 3 is 2.39 bits per heavy atom. The maximum Gasteiger partial charge on any atom is 0.258 e. The zero-order valence-corrected chi connectivity index (χ0v) is 22.9. The number of carbonyl (C=O) groups is 1. The van der Waals surface area contributed by atoms with Gasteiger partial charge in [0.05, 0.1) is 12.6 Å². The van der Waals surface area contributed by atoms with E-state index >= 15 is 0 Å². The Bertz CT molecular complexity index is 1180. The Morgan fingerprint density at radius 1 is 1.16 bits per heavy atom. The third-order valence-electron chi connectivity index (χ3n) is 5.99. The summed E-state index contributed by atoms with van der Waals surface area (Å²) in [6.07, 6.45) is 3.33. The fourth-order valence-corrected chi connectivity index (χ4v) is 3.78. The SMILES string of the molecule is C=CC(C)=C(CC(NC(=NCC(C)OCC)NC(=O)c1ccc(F)c(F)c1)C(C)C=N)c1ccc(Cl)cc1. The van der Waals surface area contributed by atoms with Gasteiger partial charge in [-0.15, -0.1) is 0 Å². The molecule has 0 saturated carbocycles.